The van der Waals surface area contributed by atoms with Gasteiger partial charge in [-0.25, -0.2) is 9.59 Å². The van der Waals surface area contributed by atoms with Crippen molar-refractivity contribution in [3.8, 4) is 0 Å². The van der Waals surface area contributed by atoms with Gasteiger partial charge in [0.15, 0.2) is 0 Å². The molecule has 4 nitrogen and oxygen atoms in total. The molecule has 0 unspecified atom stereocenters. The Hall–Kier alpha value is -2.10. The first-order chi connectivity index (χ1) is 7.70. The van der Waals surface area contributed by atoms with Gasteiger partial charge in [0.05, 0.1) is 0 Å². The van der Waals surface area contributed by atoms with Gasteiger partial charge in [0.2, 0.25) is 0 Å². The minimum Gasteiger partial charge on any atom is -0.458 e. The summed E-state index contributed by atoms with van der Waals surface area (Å²) in [6.07, 6.45) is 8.10. The minimum atomic E-state index is -0.496. The van der Waals surface area contributed by atoms with Crippen LogP contribution < -0.4 is 0 Å². The standard InChI is InChI=1S/C12H14O4/c1-3-9-15-11(13)7-5-6-8-12(14)16-10-4-2/h3-8H,1-2,9-10H2/b7-5+,8-6+. The second-order valence-electron chi connectivity index (χ2n) is 2.56. The SMILES string of the molecule is C=CCOC(=O)/C=C/C=C/C(=O)OCC=C. The molecule has 0 bridgehead atoms. The van der Waals surface area contributed by atoms with Crippen molar-refractivity contribution in [2.75, 3.05) is 13.2 Å². The van der Waals surface area contributed by atoms with Crippen LogP contribution in [-0.2, 0) is 19.1 Å². The van der Waals surface area contributed by atoms with Crippen molar-refractivity contribution in [1.82, 2.24) is 0 Å². The number of ether oxygens (including phenoxy) is 2. The molecule has 0 radical (unpaired) electrons. The molecule has 0 saturated heterocycles. The van der Waals surface area contributed by atoms with Crippen molar-refractivity contribution in [2.45, 2.75) is 0 Å². The van der Waals surface area contributed by atoms with Gasteiger partial charge in [-0.05, 0) is 0 Å². The Morgan fingerprint density at radius 1 is 0.875 bits per heavy atom. The number of hydrogen-bond acceptors (Lipinski definition) is 4. The molecule has 0 aromatic rings. The van der Waals surface area contributed by atoms with E-state index in [0.29, 0.717) is 0 Å². The van der Waals surface area contributed by atoms with Crippen LogP contribution in [0.2, 0.25) is 0 Å². The van der Waals surface area contributed by atoms with Gasteiger partial charge in [-0.3, -0.25) is 0 Å². The normalized spacial score (nSPS) is 10.2. The highest BCUT2D eigenvalue weighted by molar-refractivity contribution is 5.84. The fourth-order valence-electron chi connectivity index (χ4n) is 0.647. The fourth-order valence-corrected chi connectivity index (χ4v) is 0.647. The van der Waals surface area contributed by atoms with Gasteiger partial charge in [-0.15, -0.1) is 0 Å². The summed E-state index contributed by atoms with van der Waals surface area (Å²) in [6, 6.07) is 0. The summed E-state index contributed by atoms with van der Waals surface area (Å²) >= 11 is 0. The van der Waals surface area contributed by atoms with Gasteiger partial charge < -0.3 is 9.47 Å². The Morgan fingerprint density at radius 2 is 1.25 bits per heavy atom. The summed E-state index contributed by atoms with van der Waals surface area (Å²) in [5, 5.41) is 0. The minimum absolute atomic E-state index is 0.161. The highest BCUT2D eigenvalue weighted by atomic mass is 16.5. The first-order valence-electron chi connectivity index (χ1n) is 4.60. The van der Waals surface area contributed by atoms with Crippen molar-refractivity contribution in [3.63, 3.8) is 0 Å². The Kier molecular flexibility index (Phi) is 8.21. The van der Waals surface area contributed by atoms with Crippen molar-refractivity contribution in [1.29, 1.82) is 0 Å². The van der Waals surface area contributed by atoms with Gasteiger partial charge in [0, 0.05) is 12.2 Å². The Bertz CT molecular complexity index is 281. The summed E-state index contributed by atoms with van der Waals surface area (Å²) in [6.45, 7) is 7.11. The van der Waals surface area contributed by atoms with E-state index in [2.05, 4.69) is 22.6 Å². The van der Waals surface area contributed by atoms with E-state index in [1.165, 1.54) is 36.5 Å². The molecule has 0 saturated carbocycles. The lowest BCUT2D eigenvalue weighted by molar-refractivity contribution is -0.137. The maximum Gasteiger partial charge on any atom is 0.331 e. The highest BCUT2D eigenvalue weighted by Gasteiger charge is 1.93. The van der Waals surface area contributed by atoms with Gasteiger partial charge in [-0.2, -0.15) is 0 Å². The number of rotatable bonds is 7. The topological polar surface area (TPSA) is 52.6 Å². The van der Waals surface area contributed by atoms with Crippen molar-refractivity contribution >= 4 is 11.9 Å². The number of esters is 2. The monoisotopic (exact) mass is 222 g/mol. The largest absolute Gasteiger partial charge is 0.458 e. The quantitative estimate of drug-likeness (QED) is 0.284. The van der Waals surface area contributed by atoms with Crippen molar-refractivity contribution < 1.29 is 19.1 Å². The van der Waals surface area contributed by atoms with Crippen LogP contribution >= 0.6 is 0 Å². The average Bonchev–Trinajstić information content (AvgIpc) is 2.29. The summed E-state index contributed by atoms with van der Waals surface area (Å²) < 4.78 is 9.31. The molecule has 0 amide bonds. The molecule has 0 aromatic heterocycles. The molecule has 0 fully saturated rings. The lowest BCUT2D eigenvalue weighted by Gasteiger charge is -1.94. The van der Waals surface area contributed by atoms with E-state index in [4.69, 9.17) is 0 Å². The molecule has 0 N–H and O–H groups in total. The molecule has 0 atom stereocenters. The van der Waals surface area contributed by atoms with E-state index in [0.717, 1.165) is 0 Å². The van der Waals surface area contributed by atoms with Crippen LogP contribution in [0.4, 0.5) is 0 Å². The van der Waals surface area contributed by atoms with Crippen LogP contribution in [-0.4, -0.2) is 25.2 Å². The number of carbonyl (C=O) groups is 2. The van der Waals surface area contributed by atoms with Crippen LogP contribution in [0.5, 0.6) is 0 Å². The van der Waals surface area contributed by atoms with Crippen LogP contribution in [0.15, 0.2) is 49.6 Å². The van der Waals surface area contributed by atoms with Crippen LogP contribution in [0.1, 0.15) is 0 Å². The predicted molar refractivity (Wildman–Crippen MR) is 60.6 cm³/mol. The molecule has 0 spiro atoms. The molecule has 0 heterocycles. The zero-order valence-electron chi connectivity index (χ0n) is 8.93. The van der Waals surface area contributed by atoms with E-state index < -0.39 is 11.9 Å². The van der Waals surface area contributed by atoms with Crippen LogP contribution in [0, 0.1) is 0 Å². The Balaban J connectivity index is 3.84. The van der Waals surface area contributed by atoms with Crippen molar-refractivity contribution in [2.24, 2.45) is 0 Å². The summed E-state index contributed by atoms with van der Waals surface area (Å²) in [4.78, 5) is 21.8. The van der Waals surface area contributed by atoms with E-state index >= 15 is 0 Å². The third-order valence-corrected chi connectivity index (χ3v) is 1.26. The molecule has 4 heteroatoms. The van der Waals surface area contributed by atoms with Crippen molar-refractivity contribution in [3.05, 3.63) is 49.6 Å². The summed E-state index contributed by atoms with van der Waals surface area (Å²) in [5.41, 5.74) is 0. The predicted octanol–water partition coefficient (Wildman–Crippen LogP) is 1.56. The smallest absolute Gasteiger partial charge is 0.331 e. The number of allylic oxidation sites excluding steroid dienone is 2. The molecule has 0 aliphatic carbocycles. The van der Waals surface area contributed by atoms with Crippen LogP contribution in [0.3, 0.4) is 0 Å². The number of hydrogen-bond donors (Lipinski definition) is 0. The molecular weight excluding hydrogens is 208 g/mol. The summed E-state index contributed by atoms with van der Waals surface area (Å²) in [7, 11) is 0. The number of carbonyl (C=O) groups excluding carboxylic acids is 2. The first kappa shape index (κ1) is 13.9. The molecular formula is C12H14O4. The Morgan fingerprint density at radius 3 is 1.56 bits per heavy atom. The molecule has 16 heavy (non-hydrogen) atoms. The first-order valence-corrected chi connectivity index (χ1v) is 4.60. The molecule has 0 rings (SSSR count). The lowest BCUT2D eigenvalue weighted by atomic mass is 10.4. The van der Waals surface area contributed by atoms with Crippen LogP contribution in [0.25, 0.3) is 0 Å². The molecule has 0 aromatic carbocycles. The van der Waals surface area contributed by atoms with E-state index in [-0.39, 0.29) is 13.2 Å². The molecule has 86 valence electrons. The van der Waals surface area contributed by atoms with Gasteiger partial charge in [0.25, 0.3) is 0 Å². The van der Waals surface area contributed by atoms with Gasteiger partial charge in [-0.1, -0.05) is 37.5 Å². The Labute approximate surface area is 94.5 Å². The lowest BCUT2D eigenvalue weighted by Crippen LogP contribution is -2.00. The zero-order chi connectivity index (χ0) is 12.2. The van der Waals surface area contributed by atoms with E-state index in [9.17, 15) is 9.59 Å². The summed E-state index contributed by atoms with van der Waals surface area (Å²) in [5.74, 6) is -0.993. The van der Waals surface area contributed by atoms with Gasteiger partial charge in [0.1, 0.15) is 13.2 Å². The third kappa shape index (κ3) is 8.50. The maximum atomic E-state index is 10.9. The fraction of sp³-hybridized carbons (Fsp3) is 0.167. The molecule has 0 aliphatic rings. The van der Waals surface area contributed by atoms with E-state index in [1.54, 1.807) is 0 Å². The second kappa shape index (κ2) is 9.45. The highest BCUT2D eigenvalue weighted by Crippen LogP contribution is 1.86. The molecule has 0 aliphatic heterocycles. The van der Waals surface area contributed by atoms with Gasteiger partial charge >= 0.3 is 11.9 Å². The zero-order valence-corrected chi connectivity index (χ0v) is 8.93. The van der Waals surface area contributed by atoms with E-state index in [1.807, 2.05) is 0 Å². The maximum absolute atomic E-state index is 10.9. The third-order valence-electron chi connectivity index (χ3n) is 1.26. The average molecular weight is 222 g/mol. The second-order valence-corrected chi connectivity index (χ2v) is 2.56.